The van der Waals surface area contributed by atoms with Crippen LogP contribution in [0.2, 0.25) is 0 Å². The van der Waals surface area contributed by atoms with Crippen LogP contribution in [-0.4, -0.2) is 19.1 Å². The van der Waals surface area contributed by atoms with Gasteiger partial charge < -0.3 is 4.57 Å². The van der Waals surface area contributed by atoms with Gasteiger partial charge in [0.15, 0.2) is 0 Å². The van der Waals surface area contributed by atoms with Gasteiger partial charge in [-0.15, -0.1) is 11.3 Å². The van der Waals surface area contributed by atoms with Gasteiger partial charge in [-0.2, -0.15) is 0 Å². The predicted molar refractivity (Wildman–Crippen MR) is 257 cm³/mol. The first kappa shape index (κ1) is 34.0. The number of nitrogens with zero attached hydrogens (tertiary/aromatic N) is 4. The minimum atomic E-state index is 0.657. The van der Waals surface area contributed by atoms with Crippen LogP contribution in [0.15, 0.2) is 206 Å². The number of hydrogen-bond acceptors (Lipinski definition) is 3. The molecule has 0 saturated heterocycles. The van der Waals surface area contributed by atoms with E-state index in [0.29, 0.717) is 5.95 Å². The molecule has 0 N–H and O–H groups in total. The molecule has 61 heavy (non-hydrogen) atoms. The molecule has 0 amide bonds. The third-order valence-corrected chi connectivity index (χ3v) is 13.5. The van der Waals surface area contributed by atoms with Crippen LogP contribution in [-0.2, 0) is 0 Å². The third-order valence-electron chi connectivity index (χ3n) is 12.3. The van der Waals surface area contributed by atoms with Crippen molar-refractivity contribution in [3.05, 3.63) is 206 Å². The molecular weight excluding hydrogens is 761 g/mol. The molecule has 0 unspecified atom stereocenters. The minimum Gasteiger partial charge on any atom is -0.309 e. The van der Waals surface area contributed by atoms with E-state index in [0.717, 1.165) is 43.8 Å². The molecule has 4 aromatic heterocycles. The standard InChI is InChI=1S/C56H34N4S/c1-4-17-37(18-5-1)50-34-46-55(61-50)53(38-19-6-2-7-20-38)58-56(57-46)60-48-26-14-25-42(52(48)51-41-23-12-10-15-35(41)28-32-49(51)60)39-29-31-47-45(33-39)44-30-27-36-16-11-13-24-43(36)54(44)59(47)40-21-8-3-9-22-40/h1-34H. The zero-order valence-electron chi connectivity index (χ0n) is 32.8. The van der Waals surface area contributed by atoms with Crippen molar-refractivity contribution in [2.24, 2.45) is 0 Å². The lowest BCUT2D eigenvalue weighted by molar-refractivity contribution is 1.02. The van der Waals surface area contributed by atoms with E-state index in [2.05, 4.69) is 215 Å². The van der Waals surface area contributed by atoms with Crippen LogP contribution < -0.4 is 0 Å². The SMILES string of the molecule is c1ccc(-c2cc3nc(-n4c5cccc(-c6ccc7c(c6)c6ccc8ccccc8c6n7-c6ccccc6)c5c5c6ccccc6ccc54)nc(-c4ccccc4)c3s2)cc1. The molecule has 0 atom stereocenters. The number of aromatic nitrogens is 4. The van der Waals surface area contributed by atoms with Gasteiger partial charge in [0, 0.05) is 43.1 Å². The number of fused-ring (bicyclic) bond motifs is 11. The first-order valence-corrected chi connectivity index (χ1v) is 21.5. The van der Waals surface area contributed by atoms with E-state index >= 15 is 0 Å². The molecule has 0 saturated carbocycles. The predicted octanol–water partition coefficient (Wildman–Crippen LogP) is 15.2. The number of thiophene rings is 1. The average Bonchev–Trinajstić information content (AvgIpc) is 4.02. The van der Waals surface area contributed by atoms with Gasteiger partial charge in [0.05, 0.1) is 38.0 Å². The molecular formula is C56H34N4S. The summed E-state index contributed by atoms with van der Waals surface area (Å²) in [5, 5.41) is 9.72. The maximum Gasteiger partial charge on any atom is 0.235 e. The summed E-state index contributed by atoms with van der Waals surface area (Å²) in [6.45, 7) is 0. The molecule has 13 aromatic rings. The lowest BCUT2D eigenvalue weighted by Gasteiger charge is -2.11. The summed E-state index contributed by atoms with van der Waals surface area (Å²) in [4.78, 5) is 12.1. The van der Waals surface area contributed by atoms with E-state index in [4.69, 9.17) is 9.97 Å². The molecule has 0 aliphatic carbocycles. The van der Waals surface area contributed by atoms with Crippen LogP contribution in [0.1, 0.15) is 0 Å². The van der Waals surface area contributed by atoms with Gasteiger partial charge in [-0.05, 0) is 75.3 Å². The lowest BCUT2D eigenvalue weighted by atomic mass is 9.95. The van der Waals surface area contributed by atoms with Crippen LogP contribution >= 0.6 is 11.3 Å². The summed E-state index contributed by atoms with van der Waals surface area (Å²) in [5.41, 5.74) is 12.2. The molecule has 0 fully saturated rings. The molecule has 4 nitrogen and oxygen atoms in total. The zero-order valence-corrected chi connectivity index (χ0v) is 33.6. The van der Waals surface area contributed by atoms with Crippen LogP contribution in [0.25, 0.3) is 120 Å². The van der Waals surface area contributed by atoms with Crippen molar-refractivity contribution in [2.75, 3.05) is 0 Å². The largest absolute Gasteiger partial charge is 0.309 e. The fraction of sp³-hybridized carbons (Fsp3) is 0. The molecule has 13 rings (SSSR count). The molecule has 0 radical (unpaired) electrons. The zero-order chi connectivity index (χ0) is 40.0. The summed E-state index contributed by atoms with van der Waals surface area (Å²) in [5.74, 6) is 0.657. The summed E-state index contributed by atoms with van der Waals surface area (Å²) in [6.07, 6.45) is 0. The highest BCUT2D eigenvalue weighted by Crippen LogP contribution is 2.45. The van der Waals surface area contributed by atoms with Gasteiger partial charge in [0.2, 0.25) is 5.95 Å². The minimum absolute atomic E-state index is 0.657. The van der Waals surface area contributed by atoms with E-state index in [1.165, 1.54) is 70.1 Å². The van der Waals surface area contributed by atoms with Crippen LogP contribution in [0.5, 0.6) is 0 Å². The van der Waals surface area contributed by atoms with E-state index in [-0.39, 0.29) is 0 Å². The molecule has 0 bridgehead atoms. The molecule has 5 heteroatoms. The Kier molecular flexibility index (Phi) is 7.44. The van der Waals surface area contributed by atoms with E-state index < -0.39 is 0 Å². The van der Waals surface area contributed by atoms with Crippen molar-refractivity contribution in [1.82, 2.24) is 19.1 Å². The Labute approximate surface area is 354 Å². The molecule has 9 aromatic carbocycles. The summed E-state index contributed by atoms with van der Waals surface area (Å²) < 4.78 is 5.80. The molecule has 0 aliphatic rings. The molecule has 284 valence electrons. The Morgan fingerprint density at radius 3 is 1.85 bits per heavy atom. The number of benzene rings is 9. The van der Waals surface area contributed by atoms with Gasteiger partial charge in [-0.25, -0.2) is 9.97 Å². The second kappa shape index (κ2) is 13.3. The first-order valence-electron chi connectivity index (χ1n) is 20.7. The molecule has 0 aliphatic heterocycles. The molecule has 4 heterocycles. The maximum absolute atomic E-state index is 5.49. The van der Waals surface area contributed by atoms with Crippen molar-refractivity contribution < 1.29 is 0 Å². The van der Waals surface area contributed by atoms with Gasteiger partial charge >= 0.3 is 0 Å². The normalized spacial score (nSPS) is 11.9. The van der Waals surface area contributed by atoms with Gasteiger partial charge in [-0.1, -0.05) is 164 Å². The van der Waals surface area contributed by atoms with Gasteiger partial charge in [0.1, 0.15) is 0 Å². The van der Waals surface area contributed by atoms with E-state index in [1.807, 2.05) is 0 Å². The van der Waals surface area contributed by atoms with Gasteiger partial charge in [0.25, 0.3) is 0 Å². The van der Waals surface area contributed by atoms with E-state index in [9.17, 15) is 0 Å². The van der Waals surface area contributed by atoms with Crippen LogP contribution in [0.4, 0.5) is 0 Å². The Morgan fingerprint density at radius 1 is 0.393 bits per heavy atom. The van der Waals surface area contributed by atoms with Gasteiger partial charge in [-0.3, -0.25) is 4.57 Å². The highest BCUT2D eigenvalue weighted by molar-refractivity contribution is 7.22. The number of hydrogen-bond donors (Lipinski definition) is 0. The lowest BCUT2D eigenvalue weighted by Crippen LogP contribution is -2.02. The fourth-order valence-corrected chi connectivity index (χ4v) is 10.7. The van der Waals surface area contributed by atoms with Crippen molar-refractivity contribution >= 4 is 86.7 Å². The Bertz CT molecular complexity index is 3860. The smallest absolute Gasteiger partial charge is 0.235 e. The average molecular weight is 795 g/mol. The number of para-hydroxylation sites is 1. The van der Waals surface area contributed by atoms with Crippen LogP contribution in [0.3, 0.4) is 0 Å². The Balaban J connectivity index is 1.11. The first-order chi connectivity index (χ1) is 30.3. The van der Waals surface area contributed by atoms with Crippen molar-refractivity contribution in [3.8, 4) is 44.5 Å². The second-order valence-corrected chi connectivity index (χ2v) is 16.8. The summed E-state index contributed by atoms with van der Waals surface area (Å²) in [7, 11) is 0. The Hall–Kier alpha value is -7.86. The second-order valence-electron chi connectivity index (χ2n) is 15.7. The summed E-state index contributed by atoms with van der Waals surface area (Å²) >= 11 is 1.75. The maximum atomic E-state index is 5.49. The van der Waals surface area contributed by atoms with E-state index in [1.54, 1.807) is 11.3 Å². The van der Waals surface area contributed by atoms with Crippen molar-refractivity contribution in [3.63, 3.8) is 0 Å². The summed E-state index contributed by atoms with van der Waals surface area (Å²) in [6, 6.07) is 74.3. The third kappa shape index (κ3) is 5.18. The highest BCUT2D eigenvalue weighted by atomic mass is 32.1. The van der Waals surface area contributed by atoms with Crippen molar-refractivity contribution in [1.29, 1.82) is 0 Å². The quantitative estimate of drug-likeness (QED) is 0.174. The topological polar surface area (TPSA) is 35.6 Å². The van der Waals surface area contributed by atoms with Crippen LogP contribution in [0, 0.1) is 0 Å². The Morgan fingerprint density at radius 2 is 1.05 bits per heavy atom. The highest BCUT2D eigenvalue weighted by Gasteiger charge is 2.23. The monoisotopic (exact) mass is 794 g/mol. The fourth-order valence-electron chi connectivity index (χ4n) is 9.63. The molecule has 0 spiro atoms. The van der Waals surface area contributed by atoms with Crippen molar-refractivity contribution in [2.45, 2.75) is 0 Å². The number of rotatable bonds is 5.